The van der Waals surface area contributed by atoms with Crippen LogP contribution in [0.15, 0.2) is 29.4 Å². The summed E-state index contributed by atoms with van der Waals surface area (Å²) in [7, 11) is 0. The lowest BCUT2D eigenvalue weighted by Gasteiger charge is -2.24. The minimum absolute atomic E-state index is 0.0617. The molecule has 1 aliphatic carbocycles. The van der Waals surface area contributed by atoms with E-state index >= 15 is 0 Å². The summed E-state index contributed by atoms with van der Waals surface area (Å²) in [5.41, 5.74) is 2.18. The van der Waals surface area contributed by atoms with Crippen LogP contribution in [0.4, 0.5) is 0 Å². The molecule has 7 heteroatoms. The van der Waals surface area contributed by atoms with Gasteiger partial charge in [-0.15, -0.1) is 5.10 Å². The molecule has 0 unspecified atom stereocenters. The number of hydrogen-bond acceptors (Lipinski definition) is 5. The Balaban J connectivity index is 1.65. The van der Waals surface area contributed by atoms with E-state index in [-0.39, 0.29) is 11.2 Å². The predicted octanol–water partition coefficient (Wildman–Crippen LogP) is 3.72. The third-order valence-corrected chi connectivity index (χ3v) is 5.88. The number of tetrazole rings is 1. The fourth-order valence-electron chi connectivity index (χ4n) is 3.19. The Hall–Kier alpha value is -1.89. The number of carbonyl (C=O) groups excluding carboxylic acids is 1. The van der Waals surface area contributed by atoms with Crippen molar-refractivity contribution in [1.82, 2.24) is 25.5 Å². The van der Waals surface area contributed by atoms with Gasteiger partial charge in [0.15, 0.2) is 0 Å². The second kappa shape index (κ2) is 8.66. The van der Waals surface area contributed by atoms with Crippen LogP contribution in [0, 0.1) is 0 Å². The summed E-state index contributed by atoms with van der Waals surface area (Å²) in [6, 6.07) is 8.54. The summed E-state index contributed by atoms with van der Waals surface area (Å²) in [4.78, 5) is 12.5. The SMILES string of the molecule is CC(C)c1ccc(-n2nnnc2S[C@@H](C)C(=O)NC2CCCCC2)cc1. The van der Waals surface area contributed by atoms with Crippen molar-refractivity contribution in [3.63, 3.8) is 0 Å². The monoisotopic (exact) mass is 373 g/mol. The van der Waals surface area contributed by atoms with Gasteiger partial charge < -0.3 is 5.32 Å². The first-order chi connectivity index (χ1) is 12.5. The lowest BCUT2D eigenvalue weighted by Crippen LogP contribution is -2.40. The van der Waals surface area contributed by atoms with Gasteiger partial charge in [0.25, 0.3) is 0 Å². The smallest absolute Gasteiger partial charge is 0.233 e. The summed E-state index contributed by atoms with van der Waals surface area (Å²) < 4.78 is 1.69. The number of nitrogens with zero attached hydrogens (tertiary/aromatic N) is 4. The van der Waals surface area contributed by atoms with E-state index in [1.165, 1.54) is 36.6 Å². The van der Waals surface area contributed by atoms with E-state index in [0.29, 0.717) is 17.1 Å². The van der Waals surface area contributed by atoms with E-state index in [9.17, 15) is 4.79 Å². The summed E-state index contributed by atoms with van der Waals surface area (Å²) >= 11 is 1.39. The molecule has 1 aliphatic rings. The van der Waals surface area contributed by atoms with Crippen molar-refractivity contribution in [3.05, 3.63) is 29.8 Å². The van der Waals surface area contributed by atoms with Crippen molar-refractivity contribution in [2.45, 2.75) is 75.2 Å². The van der Waals surface area contributed by atoms with E-state index in [0.717, 1.165) is 18.5 Å². The standard InChI is InChI=1S/C19H27N5OS/c1-13(2)15-9-11-17(12-10-15)24-19(21-22-23-24)26-14(3)18(25)20-16-7-5-4-6-8-16/h9-14,16H,4-8H2,1-3H3,(H,20,25)/t14-/m0/s1. The van der Waals surface area contributed by atoms with Gasteiger partial charge in [0.2, 0.25) is 11.1 Å². The molecular formula is C19H27N5OS. The van der Waals surface area contributed by atoms with Gasteiger partial charge in [0.1, 0.15) is 0 Å². The van der Waals surface area contributed by atoms with Gasteiger partial charge in [-0.3, -0.25) is 4.79 Å². The first-order valence-corrected chi connectivity index (χ1v) is 10.3. The molecule has 1 fully saturated rings. The number of carbonyl (C=O) groups is 1. The average Bonchev–Trinajstić information content (AvgIpc) is 3.10. The Morgan fingerprint density at radius 3 is 2.50 bits per heavy atom. The van der Waals surface area contributed by atoms with Crippen LogP contribution in [0.3, 0.4) is 0 Å². The molecule has 1 heterocycles. The number of amides is 1. The molecule has 0 saturated heterocycles. The number of aromatic nitrogens is 4. The van der Waals surface area contributed by atoms with Crippen LogP contribution in [0.1, 0.15) is 64.4 Å². The highest BCUT2D eigenvalue weighted by molar-refractivity contribution is 8.00. The molecule has 140 valence electrons. The van der Waals surface area contributed by atoms with E-state index in [2.05, 4.69) is 46.8 Å². The van der Waals surface area contributed by atoms with E-state index in [1.54, 1.807) is 4.68 Å². The van der Waals surface area contributed by atoms with E-state index in [1.807, 2.05) is 19.1 Å². The molecule has 6 nitrogen and oxygen atoms in total. The van der Waals surface area contributed by atoms with Crippen LogP contribution in [0.25, 0.3) is 5.69 Å². The van der Waals surface area contributed by atoms with Crippen LogP contribution in [0.2, 0.25) is 0 Å². The molecule has 0 spiro atoms. The van der Waals surface area contributed by atoms with Gasteiger partial charge in [0.05, 0.1) is 10.9 Å². The third kappa shape index (κ3) is 4.63. The van der Waals surface area contributed by atoms with Gasteiger partial charge in [-0.25, -0.2) is 0 Å². The van der Waals surface area contributed by atoms with Crippen LogP contribution in [-0.2, 0) is 4.79 Å². The normalized spacial score (nSPS) is 16.6. The number of nitrogens with one attached hydrogen (secondary N) is 1. The molecule has 2 aromatic rings. The van der Waals surface area contributed by atoms with Gasteiger partial charge >= 0.3 is 0 Å². The molecule has 26 heavy (non-hydrogen) atoms. The third-order valence-electron chi connectivity index (χ3n) is 4.85. The van der Waals surface area contributed by atoms with Crippen LogP contribution < -0.4 is 5.32 Å². The minimum atomic E-state index is -0.239. The molecule has 1 amide bonds. The molecule has 1 aromatic carbocycles. The van der Waals surface area contributed by atoms with Crippen molar-refractivity contribution in [2.24, 2.45) is 0 Å². The first kappa shape index (κ1) is 18.9. The molecule has 0 bridgehead atoms. The Morgan fingerprint density at radius 2 is 1.85 bits per heavy atom. The Bertz CT molecular complexity index is 722. The molecule has 0 aliphatic heterocycles. The second-order valence-electron chi connectivity index (χ2n) is 7.22. The summed E-state index contributed by atoms with van der Waals surface area (Å²) in [5, 5.41) is 15.6. The predicted molar refractivity (Wildman–Crippen MR) is 104 cm³/mol. The highest BCUT2D eigenvalue weighted by Gasteiger charge is 2.22. The Kier molecular flexibility index (Phi) is 6.29. The lowest BCUT2D eigenvalue weighted by molar-refractivity contribution is -0.121. The Morgan fingerprint density at radius 1 is 1.15 bits per heavy atom. The number of thioether (sulfide) groups is 1. The number of rotatable bonds is 6. The van der Waals surface area contributed by atoms with Gasteiger partial charge in [0, 0.05) is 6.04 Å². The lowest BCUT2D eigenvalue weighted by atomic mass is 9.95. The molecule has 3 rings (SSSR count). The second-order valence-corrected chi connectivity index (χ2v) is 8.53. The zero-order valence-corrected chi connectivity index (χ0v) is 16.5. The maximum atomic E-state index is 12.5. The van der Waals surface area contributed by atoms with Crippen molar-refractivity contribution in [3.8, 4) is 5.69 Å². The van der Waals surface area contributed by atoms with Gasteiger partial charge in [-0.2, -0.15) is 4.68 Å². The number of hydrogen-bond donors (Lipinski definition) is 1. The zero-order valence-electron chi connectivity index (χ0n) is 15.7. The first-order valence-electron chi connectivity index (χ1n) is 9.40. The van der Waals surface area contributed by atoms with Crippen molar-refractivity contribution < 1.29 is 4.79 Å². The molecule has 0 radical (unpaired) electrons. The highest BCUT2D eigenvalue weighted by atomic mass is 32.2. The van der Waals surface area contributed by atoms with Crippen molar-refractivity contribution in [2.75, 3.05) is 0 Å². The quantitative estimate of drug-likeness (QED) is 0.781. The fraction of sp³-hybridized carbons (Fsp3) is 0.579. The molecule has 1 atom stereocenters. The van der Waals surface area contributed by atoms with Crippen molar-refractivity contribution >= 4 is 17.7 Å². The summed E-state index contributed by atoms with van der Waals surface area (Å²) in [6.45, 7) is 6.24. The van der Waals surface area contributed by atoms with Crippen molar-refractivity contribution in [1.29, 1.82) is 0 Å². The van der Waals surface area contributed by atoms with Gasteiger partial charge in [-0.1, -0.05) is 57.0 Å². The maximum Gasteiger partial charge on any atom is 0.233 e. The topological polar surface area (TPSA) is 72.7 Å². The molecule has 1 aromatic heterocycles. The Labute approximate surface area is 159 Å². The van der Waals surface area contributed by atoms with Gasteiger partial charge in [-0.05, 0) is 53.8 Å². The largest absolute Gasteiger partial charge is 0.352 e. The summed E-state index contributed by atoms with van der Waals surface area (Å²) in [6.07, 6.45) is 5.86. The van der Waals surface area contributed by atoms with E-state index < -0.39 is 0 Å². The number of benzene rings is 1. The minimum Gasteiger partial charge on any atom is -0.352 e. The van der Waals surface area contributed by atoms with Crippen LogP contribution in [-0.4, -0.2) is 37.4 Å². The average molecular weight is 374 g/mol. The maximum absolute atomic E-state index is 12.5. The summed E-state index contributed by atoms with van der Waals surface area (Å²) in [5.74, 6) is 0.543. The molecule has 1 N–H and O–H groups in total. The highest BCUT2D eigenvalue weighted by Crippen LogP contribution is 2.25. The fourth-order valence-corrected chi connectivity index (χ4v) is 4.01. The molecular weight excluding hydrogens is 346 g/mol. The zero-order chi connectivity index (χ0) is 18.5. The van der Waals surface area contributed by atoms with E-state index in [4.69, 9.17) is 0 Å². The van der Waals surface area contributed by atoms with Crippen LogP contribution in [0.5, 0.6) is 0 Å². The molecule has 1 saturated carbocycles. The van der Waals surface area contributed by atoms with Crippen LogP contribution >= 0.6 is 11.8 Å².